The summed E-state index contributed by atoms with van der Waals surface area (Å²) in [7, 11) is 0. The topological polar surface area (TPSA) is 44.3 Å². The molecular formula is C14H24N2O. The van der Waals surface area contributed by atoms with Gasteiger partial charge in [-0.05, 0) is 31.0 Å². The van der Waals surface area contributed by atoms with Crippen molar-refractivity contribution in [3.05, 3.63) is 29.3 Å². The van der Waals surface area contributed by atoms with Crippen LogP contribution in [0.15, 0.2) is 18.2 Å². The number of benzene rings is 1. The Kier molecular flexibility index (Phi) is 5.45. The first-order chi connectivity index (χ1) is 7.99. The van der Waals surface area contributed by atoms with Gasteiger partial charge < -0.3 is 15.7 Å². The minimum absolute atomic E-state index is 0.364. The predicted octanol–water partition coefficient (Wildman–Crippen LogP) is 2.07. The van der Waals surface area contributed by atoms with E-state index in [4.69, 9.17) is 0 Å². The van der Waals surface area contributed by atoms with Gasteiger partial charge in [0, 0.05) is 24.8 Å². The van der Waals surface area contributed by atoms with E-state index in [0.717, 1.165) is 5.69 Å². The molecule has 0 fully saturated rings. The van der Waals surface area contributed by atoms with E-state index >= 15 is 0 Å². The summed E-state index contributed by atoms with van der Waals surface area (Å²) in [5, 5.41) is 16.3. The first-order valence-corrected chi connectivity index (χ1v) is 6.21. The highest BCUT2D eigenvalue weighted by atomic mass is 16.3. The van der Waals surface area contributed by atoms with Gasteiger partial charge in [0.2, 0.25) is 0 Å². The molecule has 0 saturated heterocycles. The summed E-state index contributed by atoms with van der Waals surface area (Å²) in [6.07, 6.45) is -0.364. The fourth-order valence-electron chi connectivity index (χ4n) is 1.60. The Bertz CT molecular complexity index is 350. The lowest BCUT2D eigenvalue weighted by Gasteiger charge is -2.16. The van der Waals surface area contributed by atoms with Crippen molar-refractivity contribution in [3.63, 3.8) is 0 Å². The van der Waals surface area contributed by atoms with Crippen molar-refractivity contribution in [1.29, 1.82) is 0 Å². The van der Waals surface area contributed by atoms with Crippen molar-refractivity contribution in [2.24, 2.45) is 0 Å². The summed E-state index contributed by atoms with van der Waals surface area (Å²) in [5.74, 6) is 0. The molecule has 0 heterocycles. The zero-order chi connectivity index (χ0) is 12.8. The minimum atomic E-state index is -0.364. The summed E-state index contributed by atoms with van der Waals surface area (Å²) in [4.78, 5) is 0. The average Bonchev–Trinajstić information content (AvgIpc) is 2.27. The lowest BCUT2D eigenvalue weighted by molar-refractivity contribution is 0.181. The predicted molar refractivity (Wildman–Crippen MR) is 73.6 cm³/mol. The van der Waals surface area contributed by atoms with E-state index in [-0.39, 0.29) is 6.10 Å². The van der Waals surface area contributed by atoms with Crippen molar-refractivity contribution >= 4 is 5.69 Å². The van der Waals surface area contributed by atoms with Gasteiger partial charge in [0.05, 0.1) is 6.10 Å². The third-order valence-corrected chi connectivity index (χ3v) is 2.68. The SMILES string of the molecule is Cc1ccc(C)c(NCC(O)CNC(C)C)c1. The third-order valence-electron chi connectivity index (χ3n) is 2.68. The Morgan fingerprint density at radius 3 is 2.53 bits per heavy atom. The van der Waals surface area contributed by atoms with Crippen LogP contribution in [0.2, 0.25) is 0 Å². The van der Waals surface area contributed by atoms with Gasteiger partial charge in [-0.2, -0.15) is 0 Å². The van der Waals surface area contributed by atoms with Gasteiger partial charge in [-0.25, -0.2) is 0 Å². The monoisotopic (exact) mass is 236 g/mol. The summed E-state index contributed by atoms with van der Waals surface area (Å²) < 4.78 is 0. The molecule has 0 aliphatic rings. The lowest BCUT2D eigenvalue weighted by atomic mass is 10.1. The van der Waals surface area contributed by atoms with Crippen LogP contribution in [0, 0.1) is 13.8 Å². The number of aryl methyl sites for hydroxylation is 2. The minimum Gasteiger partial charge on any atom is -0.390 e. The van der Waals surface area contributed by atoms with E-state index in [0.29, 0.717) is 19.1 Å². The van der Waals surface area contributed by atoms with Gasteiger partial charge in [-0.1, -0.05) is 26.0 Å². The van der Waals surface area contributed by atoms with Crippen LogP contribution in [0.3, 0.4) is 0 Å². The fraction of sp³-hybridized carbons (Fsp3) is 0.571. The molecule has 3 heteroatoms. The van der Waals surface area contributed by atoms with Crippen LogP contribution in [0.4, 0.5) is 5.69 Å². The maximum absolute atomic E-state index is 9.79. The van der Waals surface area contributed by atoms with Crippen molar-refractivity contribution < 1.29 is 5.11 Å². The molecule has 1 unspecified atom stereocenters. The second kappa shape index (κ2) is 6.62. The molecule has 17 heavy (non-hydrogen) atoms. The summed E-state index contributed by atoms with van der Waals surface area (Å²) >= 11 is 0. The standard InChI is InChI=1S/C14H24N2O/c1-10(2)15-8-13(17)9-16-14-7-11(3)5-6-12(14)4/h5-7,10,13,15-17H,8-9H2,1-4H3. The Hall–Kier alpha value is -1.06. The van der Waals surface area contributed by atoms with Gasteiger partial charge >= 0.3 is 0 Å². The van der Waals surface area contributed by atoms with E-state index in [1.165, 1.54) is 11.1 Å². The number of hydrogen-bond donors (Lipinski definition) is 3. The molecule has 96 valence electrons. The molecular weight excluding hydrogens is 212 g/mol. The number of nitrogens with one attached hydrogen (secondary N) is 2. The van der Waals surface area contributed by atoms with Crippen LogP contribution < -0.4 is 10.6 Å². The highest BCUT2D eigenvalue weighted by molar-refractivity contribution is 5.52. The zero-order valence-electron chi connectivity index (χ0n) is 11.2. The van der Waals surface area contributed by atoms with Crippen molar-refractivity contribution in [2.45, 2.75) is 39.8 Å². The Balaban J connectivity index is 2.41. The Labute approximate surface area is 104 Å². The molecule has 0 aromatic heterocycles. The normalized spacial score (nSPS) is 12.8. The maximum atomic E-state index is 9.79. The molecule has 0 bridgehead atoms. The fourth-order valence-corrected chi connectivity index (χ4v) is 1.60. The van der Waals surface area contributed by atoms with Crippen molar-refractivity contribution in [3.8, 4) is 0 Å². The Morgan fingerprint density at radius 2 is 1.88 bits per heavy atom. The molecule has 0 aliphatic carbocycles. The van der Waals surface area contributed by atoms with E-state index in [9.17, 15) is 5.11 Å². The molecule has 0 saturated carbocycles. The summed E-state index contributed by atoms with van der Waals surface area (Å²) in [6, 6.07) is 6.70. The molecule has 1 aromatic carbocycles. The van der Waals surface area contributed by atoms with Gasteiger partial charge in [-0.3, -0.25) is 0 Å². The molecule has 1 rings (SSSR count). The van der Waals surface area contributed by atoms with Gasteiger partial charge in [0.25, 0.3) is 0 Å². The molecule has 1 aromatic rings. The highest BCUT2D eigenvalue weighted by Crippen LogP contribution is 2.15. The van der Waals surface area contributed by atoms with Crippen LogP contribution in [0.1, 0.15) is 25.0 Å². The third kappa shape index (κ3) is 5.20. The van der Waals surface area contributed by atoms with Gasteiger partial charge in [0.15, 0.2) is 0 Å². The van der Waals surface area contributed by atoms with E-state index in [1.54, 1.807) is 0 Å². The zero-order valence-corrected chi connectivity index (χ0v) is 11.2. The van der Waals surface area contributed by atoms with Crippen LogP contribution >= 0.6 is 0 Å². The second-order valence-corrected chi connectivity index (χ2v) is 4.92. The van der Waals surface area contributed by atoms with Crippen molar-refractivity contribution in [1.82, 2.24) is 5.32 Å². The molecule has 0 radical (unpaired) electrons. The number of rotatable bonds is 6. The van der Waals surface area contributed by atoms with Crippen LogP contribution in [-0.4, -0.2) is 30.3 Å². The number of aliphatic hydroxyl groups is 1. The van der Waals surface area contributed by atoms with Gasteiger partial charge in [-0.15, -0.1) is 0 Å². The number of aliphatic hydroxyl groups excluding tert-OH is 1. The molecule has 0 amide bonds. The highest BCUT2D eigenvalue weighted by Gasteiger charge is 2.05. The average molecular weight is 236 g/mol. The van der Waals surface area contributed by atoms with E-state index < -0.39 is 0 Å². The molecule has 0 spiro atoms. The van der Waals surface area contributed by atoms with Crippen molar-refractivity contribution in [2.75, 3.05) is 18.4 Å². The number of anilines is 1. The first-order valence-electron chi connectivity index (χ1n) is 6.21. The largest absolute Gasteiger partial charge is 0.390 e. The molecule has 3 nitrogen and oxygen atoms in total. The lowest BCUT2D eigenvalue weighted by Crippen LogP contribution is -2.35. The molecule has 1 atom stereocenters. The van der Waals surface area contributed by atoms with E-state index in [2.05, 4.69) is 56.5 Å². The number of hydrogen-bond acceptors (Lipinski definition) is 3. The maximum Gasteiger partial charge on any atom is 0.0836 e. The van der Waals surface area contributed by atoms with E-state index in [1.807, 2.05) is 0 Å². The molecule has 3 N–H and O–H groups in total. The molecule has 0 aliphatic heterocycles. The first kappa shape index (κ1) is 14.0. The summed E-state index contributed by atoms with van der Waals surface area (Å²) in [5.41, 5.74) is 3.54. The Morgan fingerprint density at radius 1 is 1.18 bits per heavy atom. The quantitative estimate of drug-likeness (QED) is 0.708. The smallest absolute Gasteiger partial charge is 0.0836 e. The van der Waals surface area contributed by atoms with Crippen LogP contribution in [0.25, 0.3) is 0 Å². The van der Waals surface area contributed by atoms with Crippen LogP contribution in [0.5, 0.6) is 0 Å². The van der Waals surface area contributed by atoms with Gasteiger partial charge in [0.1, 0.15) is 0 Å². The second-order valence-electron chi connectivity index (χ2n) is 4.92. The van der Waals surface area contributed by atoms with Crippen LogP contribution in [-0.2, 0) is 0 Å². The summed E-state index contributed by atoms with van der Waals surface area (Å²) in [6.45, 7) is 9.48.